The first-order chi connectivity index (χ1) is 10.8. The van der Waals surface area contributed by atoms with E-state index in [0.29, 0.717) is 16.6 Å². The monoisotopic (exact) mass is 380 g/mol. The summed E-state index contributed by atoms with van der Waals surface area (Å²) >= 11 is 3.22. The molecule has 7 heteroatoms. The van der Waals surface area contributed by atoms with Gasteiger partial charge in [0.15, 0.2) is 0 Å². The van der Waals surface area contributed by atoms with Crippen molar-refractivity contribution in [2.75, 3.05) is 6.54 Å². The molecule has 1 aromatic carbocycles. The summed E-state index contributed by atoms with van der Waals surface area (Å²) in [6, 6.07) is 4.39. The number of amides is 1. The van der Waals surface area contributed by atoms with E-state index in [1.807, 2.05) is 20.8 Å². The van der Waals surface area contributed by atoms with E-state index < -0.39 is 5.97 Å². The van der Waals surface area contributed by atoms with Gasteiger partial charge in [0.2, 0.25) is 0 Å². The Morgan fingerprint density at radius 2 is 1.96 bits per heavy atom. The van der Waals surface area contributed by atoms with Crippen LogP contribution in [0.15, 0.2) is 27.2 Å². The molecule has 6 nitrogen and oxygen atoms in total. The fraction of sp³-hybridized carbons (Fsp3) is 0.312. The van der Waals surface area contributed by atoms with Gasteiger partial charge in [-0.25, -0.2) is 4.79 Å². The Kier molecular flexibility index (Phi) is 5.20. The van der Waals surface area contributed by atoms with Crippen LogP contribution in [0.4, 0.5) is 0 Å². The molecule has 2 aromatic rings. The van der Waals surface area contributed by atoms with Crippen molar-refractivity contribution in [2.45, 2.75) is 26.7 Å². The molecule has 23 heavy (non-hydrogen) atoms. The number of carbonyl (C=O) groups is 2. The van der Waals surface area contributed by atoms with Crippen molar-refractivity contribution in [3.8, 4) is 0 Å². The van der Waals surface area contributed by atoms with E-state index >= 15 is 0 Å². The molecule has 0 aliphatic rings. The maximum atomic E-state index is 12.3. The maximum Gasteiger partial charge on any atom is 0.335 e. The van der Waals surface area contributed by atoms with Crippen molar-refractivity contribution in [3.63, 3.8) is 0 Å². The first-order valence-electron chi connectivity index (χ1n) is 7.04. The van der Waals surface area contributed by atoms with Crippen molar-refractivity contribution in [2.24, 2.45) is 0 Å². The SMILES string of the molecule is Cc1noc(C)c1C(C)CNC(=O)c1cc(Br)cc(C(=O)O)c1. The number of rotatable bonds is 5. The highest BCUT2D eigenvalue weighted by molar-refractivity contribution is 9.10. The summed E-state index contributed by atoms with van der Waals surface area (Å²) in [6.45, 7) is 6.06. The molecule has 0 saturated carbocycles. The summed E-state index contributed by atoms with van der Waals surface area (Å²) in [7, 11) is 0. The lowest BCUT2D eigenvalue weighted by molar-refractivity contribution is 0.0697. The van der Waals surface area contributed by atoms with Crippen LogP contribution in [0.5, 0.6) is 0 Å². The zero-order valence-corrected chi connectivity index (χ0v) is 14.6. The largest absolute Gasteiger partial charge is 0.478 e. The summed E-state index contributed by atoms with van der Waals surface area (Å²) in [5, 5.41) is 15.8. The number of hydrogen-bond donors (Lipinski definition) is 2. The second-order valence-electron chi connectivity index (χ2n) is 5.38. The smallest absolute Gasteiger partial charge is 0.335 e. The fourth-order valence-electron chi connectivity index (χ4n) is 2.49. The number of aryl methyl sites for hydroxylation is 2. The van der Waals surface area contributed by atoms with Gasteiger partial charge in [0.25, 0.3) is 5.91 Å². The molecule has 1 unspecified atom stereocenters. The van der Waals surface area contributed by atoms with E-state index in [0.717, 1.165) is 17.0 Å². The van der Waals surface area contributed by atoms with Crippen LogP contribution in [0.25, 0.3) is 0 Å². The van der Waals surface area contributed by atoms with Crippen LogP contribution in [-0.2, 0) is 0 Å². The summed E-state index contributed by atoms with van der Waals surface area (Å²) in [5.41, 5.74) is 2.14. The molecule has 2 rings (SSSR count). The molecular formula is C16H17BrN2O4. The van der Waals surface area contributed by atoms with Gasteiger partial charge in [-0.2, -0.15) is 0 Å². The zero-order chi connectivity index (χ0) is 17.1. The molecule has 1 amide bonds. The molecule has 0 aliphatic carbocycles. The Balaban J connectivity index is 2.09. The van der Waals surface area contributed by atoms with Gasteiger partial charge < -0.3 is 14.9 Å². The number of nitrogens with one attached hydrogen (secondary N) is 1. The third-order valence-corrected chi connectivity index (χ3v) is 4.01. The second-order valence-corrected chi connectivity index (χ2v) is 6.30. The topological polar surface area (TPSA) is 92.4 Å². The molecule has 0 radical (unpaired) electrons. The lowest BCUT2D eigenvalue weighted by Gasteiger charge is -2.13. The summed E-state index contributed by atoms with van der Waals surface area (Å²) in [6.07, 6.45) is 0. The number of aromatic carboxylic acids is 1. The lowest BCUT2D eigenvalue weighted by Crippen LogP contribution is -2.28. The average molecular weight is 381 g/mol. The Morgan fingerprint density at radius 3 is 2.52 bits per heavy atom. The molecule has 0 spiro atoms. The number of carboxylic acids is 1. The fourth-order valence-corrected chi connectivity index (χ4v) is 2.98. The zero-order valence-electron chi connectivity index (χ0n) is 13.0. The number of carboxylic acid groups (broad SMARTS) is 1. The highest BCUT2D eigenvalue weighted by Crippen LogP contribution is 2.22. The van der Waals surface area contributed by atoms with E-state index in [1.165, 1.54) is 12.1 Å². The van der Waals surface area contributed by atoms with E-state index in [-0.39, 0.29) is 17.4 Å². The maximum absolute atomic E-state index is 12.3. The second kappa shape index (κ2) is 6.95. The van der Waals surface area contributed by atoms with Crippen LogP contribution in [-0.4, -0.2) is 28.7 Å². The van der Waals surface area contributed by atoms with Gasteiger partial charge in [-0.05, 0) is 32.0 Å². The predicted octanol–water partition coefficient (Wildman–Crippen LogP) is 3.29. The standard InChI is InChI=1S/C16H17BrN2O4/c1-8(14-9(2)19-23-10(14)3)7-18-15(20)11-4-12(16(21)22)6-13(17)5-11/h4-6,8H,7H2,1-3H3,(H,18,20)(H,21,22). The molecule has 0 fully saturated rings. The molecule has 122 valence electrons. The number of benzene rings is 1. The first kappa shape index (κ1) is 17.2. The quantitative estimate of drug-likeness (QED) is 0.829. The van der Waals surface area contributed by atoms with Gasteiger partial charge in [-0.3, -0.25) is 4.79 Å². The predicted molar refractivity (Wildman–Crippen MR) is 87.8 cm³/mol. The van der Waals surface area contributed by atoms with E-state index in [1.54, 1.807) is 6.07 Å². The molecular weight excluding hydrogens is 364 g/mol. The molecule has 0 bridgehead atoms. The number of hydrogen-bond acceptors (Lipinski definition) is 4. The molecule has 1 heterocycles. The Bertz CT molecular complexity index is 735. The van der Waals surface area contributed by atoms with Crippen molar-refractivity contribution >= 4 is 27.8 Å². The van der Waals surface area contributed by atoms with E-state index in [2.05, 4.69) is 26.4 Å². The van der Waals surface area contributed by atoms with Gasteiger partial charge in [0, 0.05) is 28.1 Å². The van der Waals surface area contributed by atoms with Crippen LogP contribution in [0, 0.1) is 13.8 Å². The third kappa shape index (κ3) is 3.98. The minimum Gasteiger partial charge on any atom is -0.478 e. The van der Waals surface area contributed by atoms with Crippen LogP contribution >= 0.6 is 15.9 Å². The van der Waals surface area contributed by atoms with Crippen molar-refractivity contribution in [1.29, 1.82) is 0 Å². The Labute approximate surface area is 142 Å². The molecule has 2 N–H and O–H groups in total. The van der Waals surface area contributed by atoms with Crippen LogP contribution in [0.2, 0.25) is 0 Å². The summed E-state index contributed by atoms with van der Waals surface area (Å²) in [5.74, 6) is -0.631. The highest BCUT2D eigenvalue weighted by atomic mass is 79.9. The summed E-state index contributed by atoms with van der Waals surface area (Å²) in [4.78, 5) is 23.3. The summed E-state index contributed by atoms with van der Waals surface area (Å²) < 4.78 is 5.67. The van der Waals surface area contributed by atoms with E-state index in [4.69, 9.17) is 9.63 Å². The first-order valence-corrected chi connectivity index (χ1v) is 7.83. The van der Waals surface area contributed by atoms with Gasteiger partial charge in [-0.15, -0.1) is 0 Å². The lowest BCUT2D eigenvalue weighted by atomic mass is 9.99. The Hall–Kier alpha value is -2.15. The number of carbonyl (C=O) groups excluding carboxylic acids is 1. The van der Waals surface area contributed by atoms with Crippen LogP contribution in [0.1, 0.15) is 50.6 Å². The number of aromatic nitrogens is 1. The minimum atomic E-state index is -1.08. The molecule has 1 atom stereocenters. The third-order valence-electron chi connectivity index (χ3n) is 3.56. The minimum absolute atomic E-state index is 0.0382. The van der Waals surface area contributed by atoms with Gasteiger partial charge >= 0.3 is 5.97 Å². The van der Waals surface area contributed by atoms with Gasteiger partial charge in [0.1, 0.15) is 5.76 Å². The van der Waals surface area contributed by atoms with Gasteiger partial charge in [-0.1, -0.05) is 28.0 Å². The average Bonchev–Trinajstić information content (AvgIpc) is 2.82. The normalized spacial score (nSPS) is 12.0. The van der Waals surface area contributed by atoms with Crippen molar-refractivity contribution in [1.82, 2.24) is 10.5 Å². The number of nitrogens with zero attached hydrogens (tertiary/aromatic N) is 1. The molecule has 0 saturated heterocycles. The van der Waals surface area contributed by atoms with Crippen LogP contribution < -0.4 is 5.32 Å². The van der Waals surface area contributed by atoms with Crippen molar-refractivity contribution in [3.05, 3.63) is 50.8 Å². The highest BCUT2D eigenvalue weighted by Gasteiger charge is 2.18. The Morgan fingerprint density at radius 1 is 1.30 bits per heavy atom. The van der Waals surface area contributed by atoms with Gasteiger partial charge in [0.05, 0.1) is 11.3 Å². The molecule has 1 aromatic heterocycles. The van der Waals surface area contributed by atoms with Crippen molar-refractivity contribution < 1.29 is 19.2 Å². The van der Waals surface area contributed by atoms with Crippen LogP contribution in [0.3, 0.4) is 0 Å². The number of halogens is 1. The molecule has 0 aliphatic heterocycles. The van der Waals surface area contributed by atoms with E-state index in [9.17, 15) is 9.59 Å².